The summed E-state index contributed by atoms with van der Waals surface area (Å²) in [5.74, 6) is 0.498. The van der Waals surface area contributed by atoms with E-state index < -0.39 is 0 Å². The molecule has 0 radical (unpaired) electrons. The Bertz CT molecular complexity index is 1400. The minimum Gasteiger partial charge on any atom is -0.508 e. The van der Waals surface area contributed by atoms with Crippen molar-refractivity contribution in [3.8, 4) is 17.2 Å². The zero-order valence-electron chi connectivity index (χ0n) is 33.7. The van der Waals surface area contributed by atoms with Gasteiger partial charge in [-0.2, -0.15) is 0 Å². The highest BCUT2D eigenvalue weighted by Crippen LogP contribution is 2.34. The van der Waals surface area contributed by atoms with Crippen LogP contribution in [-0.2, 0) is 6.42 Å². The molecule has 0 aromatic heterocycles. The molecule has 0 atom stereocenters. The molecule has 0 aliphatic heterocycles. The fourth-order valence-electron chi connectivity index (χ4n) is 5.83. The fourth-order valence-corrected chi connectivity index (χ4v) is 5.83. The summed E-state index contributed by atoms with van der Waals surface area (Å²) in [6.07, 6.45) is 35.2. The molecule has 50 heavy (non-hydrogen) atoms. The molecule has 1 rings (SSSR count). The Morgan fingerprint density at radius 2 is 0.760 bits per heavy atom. The molecule has 0 unspecified atom stereocenters. The van der Waals surface area contributed by atoms with Crippen LogP contribution in [0.15, 0.2) is 105 Å². The minimum atomic E-state index is 0.0958. The van der Waals surface area contributed by atoms with Crippen molar-refractivity contribution in [1.82, 2.24) is 0 Å². The molecule has 0 saturated carbocycles. The predicted octanol–water partition coefficient (Wildman–Crippen LogP) is 14.7. The van der Waals surface area contributed by atoms with Gasteiger partial charge >= 0.3 is 0 Å². The third-order valence-corrected chi connectivity index (χ3v) is 9.31. The number of aromatic hydroxyl groups is 2. The first-order valence-electron chi connectivity index (χ1n) is 19.1. The van der Waals surface area contributed by atoms with E-state index in [1.807, 2.05) is 0 Å². The summed E-state index contributed by atoms with van der Waals surface area (Å²) in [6.45, 7) is 20.1. The third kappa shape index (κ3) is 22.3. The van der Waals surface area contributed by atoms with Gasteiger partial charge in [0, 0.05) is 11.6 Å². The van der Waals surface area contributed by atoms with Gasteiger partial charge in [-0.15, -0.1) is 0 Å². The van der Waals surface area contributed by atoms with Crippen LogP contribution in [-0.4, -0.2) is 17.3 Å². The van der Waals surface area contributed by atoms with Crippen LogP contribution in [0.25, 0.3) is 0 Å². The lowest BCUT2D eigenvalue weighted by molar-refractivity contribution is 0.366. The van der Waals surface area contributed by atoms with E-state index >= 15 is 0 Å². The van der Waals surface area contributed by atoms with Crippen LogP contribution in [0, 0.1) is 0 Å². The maximum absolute atomic E-state index is 10.3. The van der Waals surface area contributed by atoms with Gasteiger partial charge in [-0.1, -0.05) is 93.2 Å². The van der Waals surface area contributed by atoms with Crippen molar-refractivity contribution >= 4 is 0 Å². The number of rotatable bonds is 24. The second-order valence-corrected chi connectivity index (χ2v) is 14.8. The first kappa shape index (κ1) is 44.6. The largest absolute Gasteiger partial charge is 0.508 e. The number of hydrogen-bond acceptors (Lipinski definition) is 3. The maximum Gasteiger partial charge on any atom is 0.164 e. The van der Waals surface area contributed by atoms with Gasteiger partial charge in [-0.05, 0) is 165 Å². The monoisotopic (exact) mass is 685 g/mol. The fraction of sp³-hybridized carbons (Fsp3) is 0.532. The lowest BCUT2D eigenvalue weighted by atomic mass is 10.0. The number of ether oxygens (including phenoxy) is 1. The van der Waals surface area contributed by atoms with Gasteiger partial charge in [-0.25, -0.2) is 0 Å². The van der Waals surface area contributed by atoms with Crippen molar-refractivity contribution in [2.45, 2.75) is 159 Å². The highest BCUT2D eigenvalue weighted by atomic mass is 16.5. The van der Waals surface area contributed by atoms with Gasteiger partial charge < -0.3 is 14.9 Å². The molecular weight excluding hydrogens is 613 g/mol. The molecule has 0 heterocycles. The topological polar surface area (TPSA) is 49.7 Å². The molecule has 278 valence electrons. The van der Waals surface area contributed by atoms with Gasteiger partial charge in [0.1, 0.15) is 5.75 Å². The van der Waals surface area contributed by atoms with Crippen molar-refractivity contribution in [2.24, 2.45) is 0 Å². The van der Waals surface area contributed by atoms with Gasteiger partial charge in [0.2, 0.25) is 0 Å². The zero-order chi connectivity index (χ0) is 37.3. The lowest BCUT2D eigenvalue weighted by Gasteiger charge is -2.09. The summed E-state index contributed by atoms with van der Waals surface area (Å²) in [5.41, 5.74) is 12.3. The molecule has 1 aromatic rings. The van der Waals surface area contributed by atoms with Gasteiger partial charge in [0.05, 0.1) is 7.11 Å². The Kier molecular flexibility index (Phi) is 23.5. The Balaban J connectivity index is 2.29. The molecule has 0 spiro atoms. The molecule has 2 N–H and O–H groups in total. The van der Waals surface area contributed by atoms with E-state index in [4.69, 9.17) is 4.74 Å². The molecule has 0 bridgehead atoms. The van der Waals surface area contributed by atoms with E-state index in [2.05, 4.69) is 111 Å². The van der Waals surface area contributed by atoms with Crippen LogP contribution in [0.3, 0.4) is 0 Å². The van der Waals surface area contributed by atoms with Crippen LogP contribution in [0.1, 0.15) is 158 Å². The molecular formula is C47H72O3. The smallest absolute Gasteiger partial charge is 0.164 e. The van der Waals surface area contributed by atoms with Gasteiger partial charge in [0.15, 0.2) is 11.5 Å². The first-order chi connectivity index (χ1) is 23.8. The Morgan fingerprint density at radius 1 is 0.460 bits per heavy atom. The molecule has 1 aromatic carbocycles. The predicted molar refractivity (Wildman–Crippen MR) is 220 cm³/mol. The molecule has 0 fully saturated rings. The number of methoxy groups -OCH3 is 1. The summed E-state index contributed by atoms with van der Waals surface area (Å²) < 4.78 is 5.14. The zero-order valence-corrected chi connectivity index (χ0v) is 33.7. The maximum atomic E-state index is 10.3. The third-order valence-electron chi connectivity index (χ3n) is 9.31. The highest BCUT2D eigenvalue weighted by Gasteiger charge is 2.09. The summed E-state index contributed by atoms with van der Waals surface area (Å²) in [4.78, 5) is 0. The second kappa shape index (κ2) is 26.4. The van der Waals surface area contributed by atoms with Crippen LogP contribution >= 0.6 is 0 Å². The SMILES string of the molecule is COc1cc(O)cc(C/C=C(\C)CC/C=C(\C)CC/C=C(\C)CC/C=C(\C)CC/C=C(\C)CC/C=C(\C)CC/C=C(\C)CCC=C(C)C)c1O. The van der Waals surface area contributed by atoms with Gasteiger partial charge in [0.25, 0.3) is 0 Å². The van der Waals surface area contributed by atoms with Crippen molar-refractivity contribution in [3.05, 3.63) is 111 Å². The summed E-state index contributed by atoms with van der Waals surface area (Å²) in [5, 5.41) is 20.2. The van der Waals surface area contributed by atoms with Crippen LogP contribution in [0.2, 0.25) is 0 Å². The van der Waals surface area contributed by atoms with Crippen LogP contribution in [0.5, 0.6) is 17.2 Å². The lowest BCUT2D eigenvalue weighted by Crippen LogP contribution is -1.90. The second-order valence-electron chi connectivity index (χ2n) is 14.8. The number of phenols is 2. The molecule has 0 aliphatic rings. The molecule has 0 saturated heterocycles. The van der Waals surface area contributed by atoms with Crippen molar-refractivity contribution in [3.63, 3.8) is 0 Å². The molecule has 3 heteroatoms. The molecule has 3 nitrogen and oxygen atoms in total. The van der Waals surface area contributed by atoms with Crippen LogP contribution in [0.4, 0.5) is 0 Å². The van der Waals surface area contributed by atoms with Gasteiger partial charge in [-0.3, -0.25) is 0 Å². The standard InChI is InChI=1S/C47H72O3/c1-36(2)18-11-19-37(3)20-12-21-38(4)22-13-23-39(5)24-14-25-40(6)26-15-27-41(7)28-16-29-42(8)30-17-31-43(9)32-33-44-34-45(48)35-46(50-10)47(44)49/h18,20,22,24,26,28,30,32,34-35,48-49H,11-17,19,21,23,25,27,29,31,33H2,1-10H3/b37-20+,38-22+,39-24+,40-26+,41-28+,42-30+,43-32+. The highest BCUT2D eigenvalue weighted by molar-refractivity contribution is 5.51. The Morgan fingerprint density at radius 3 is 1.06 bits per heavy atom. The van der Waals surface area contributed by atoms with Crippen molar-refractivity contribution in [1.29, 1.82) is 0 Å². The van der Waals surface area contributed by atoms with Crippen LogP contribution < -0.4 is 4.74 Å². The minimum absolute atomic E-state index is 0.0958. The van der Waals surface area contributed by atoms with E-state index in [1.165, 1.54) is 70.6 Å². The number of benzene rings is 1. The van der Waals surface area contributed by atoms with E-state index in [0.717, 1.165) is 77.0 Å². The molecule has 0 amide bonds. The average molecular weight is 685 g/mol. The molecule has 0 aliphatic carbocycles. The summed E-state index contributed by atoms with van der Waals surface area (Å²) in [6, 6.07) is 3.02. The summed E-state index contributed by atoms with van der Waals surface area (Å²) in [7, 11) is 1.49. The van der Waals surface area contributed by atoms with E-state index in [-0.39, 0.29) is 11.5 Å². The Labute approximate surface area is 308 Å². The van der Waals surface area contributed by atoms with E-state index in [1.54, 1.807) is 6.07 Å². The summed E-state index contributed by atoms with van der Waals surface area (Å²) >= 11 is 0. The van der Waals surface area contributed by atoms with E-state index in [9.17, 15) is 10.2 Å². The van der Waals surface area contributed by atoms with Crippen molar-refractivity contribution in [2.75, 3.05) is 7.11 Å². The normalized spacial score (nSPS) is 14.0. The van der Waals surface area contributed by atoms with Crippen molar-refractivity contribution < 1.29 is 14.9 Å². The number of hydrogen-bond donors (Lipinski definition) is 2. The number of allylic oxidation sites excluding steroid dienone is 16. The Hall–Kier alpha value is -3.46. The average Bonchev–Trinajstić information content (AvgIpc) is 3.04. The number of phenolic OH excluding ortho intramolecular Hbond substituents is 2. The first-order valence-corrected chi connectivity index (χ1v) is 19.1. The van der Waals surface area contributed by atoms with E-state index in [0.29, 0.717) is 17.7 Å². The quantitative estimate of drug-likeness (QED) is 0.0842.